The highest BCUT2D eigenvalue weighted by Crippen LogP contribution is 2.26. The van der Waals surface area contributed by atoms with Crippen molar-refractivity contribution >= 4 is 29.5 Å². The van der Waals surface area contributed by atoms with E-state index in [-0.39, 0.29) is 11.9 Å². The van der Waals surface area contributed by atoms with Gasteiger partial charge in [0.2, 0.25) is 0 Å². The lowest BCUT2D eigenvalue weighted by Crippen LogP contribution is -2.20. The van der Waals surface area contributed by atoms with Gasteiger partial charge in [-0.3, -0.25) is 4.99 Å². The molecule has 0 saturated heterocycles. The standard InChI is InChI=1S/C30H37FN4S/c1-8-27(32-10-3)16-11-21(4)20-36-23(6)19-34-30-28(17-22(5)18-33-30)24(7)35-29(9-2)25-12-14-26(31)15-13-25/h8,10-18,29,35H,4,6-7,9,19-20H2,1-3,5H3,(H,33,34)/b16-11-,27-8+,32-10-. The molecule has 1 aromatic heterocycles. The van der Waals surface area contributed by atoms with Crippen LogP contribution in [0.4, 0.5) is 10.2 Å². The molecular weight excluding hydrogens is 467 g/mol. The fourth-order valence-corrected chi connectivity index (χ4v) is 4.05. The third kappa shape index (κ3) is 9.34. The summed E-state index contributed by atoms with van der Waals surface area (Å²) in [6.45, 7) is 21.1. The molecule has 0 bridgehead atoms. The van der Waals surface area contributed by atoms with E-state index in [2.05, 4.69) is 53.3 Å². The van der Waals surface area contributed by atoms with E-state index in [9.17, 15) is 4.39 Å². The van der Waals surface area contributed by atoms with Crippen molar-refractivity contribution in [1.29, 1.82) is 0 Å². The molecule has 0 aliphatic heterocycles. The number of pyridine rings is 1. The van der Waals surface area contributed by atoms with Gasteiger partial charge >= 0.3 is 0 Å². The number of rotatable bonds is 14. The van der Waals surface area contributed by atoms with Crippen molar-refractivity contribution in [3.8, 4) is 0 Å². The quantitative estimate of drug-likeness (QED) is 0.202. The maximum Gasteiger partial charge on any atom is 0.135 e. The Morgan fingerprint density at radius 1 is 1.17 bits per heavy atom. The van der Waals surface area contributed by atoms with Gasteiger partial charge < -0.3 is 10.6 Å². The largest absolute Gasteiger partial charge is 0.378 e. The number of allylic oxidation sites excluding steroid dienone is 3. The van der Waals surface area contributed by atoms with Crippen molar-refractivity contribution in [3.63, 3.8) is 0 Å². The third-order valence-electron chi connectivity index (χ3n) is 5.36. The molecule has 0 aliphatic carbocycles. The Hall–Kier alpha value is -3.38. The molecule has 190 valence electrons. The molecule has 1 heterocycles. The molecule has 0 spiro atoms. The zero-order valence-electron chi connectivity index (χ0n) is 21.8. The van der Waals surface area contributed by atoms with Crippen LogP contribution in [-0.4, -0.2) is 23.5 Å². The topological polar surface area (TPSA) is 49.3 Å². The molecule has 0 amide bonds. The minimum Gasteiger partial charge on any atom is -0.378 e. The number of hydrogen-bond donors (Lipinski definition) is 2. The van der Waals surface area contributed by atoms with E-state index < -0.39 is 0 Å². The number of benzene rings is 1. The summed E-state index contributed by atoms with van der Waals surface area (Å²) in [6.07, 6.45) is 10.3. The van der Waals surface area contributed by atoms with Crippen molar-refractivity contribution in [1.82, 2.24) is 10.3 Å². The molecular formula is C30H37FN4S. The fraction of sp³-hybridized carbons (Fsp3) is 0.267. The average Bonchev–Trinajstić information content (AvgIpc) is 2.88. The number of aromatic nitrogens is 1. The van der Waals surface area contributed by atoms with Crippen LogP contribution < -0.4 is 10.6 Å². The van der Waals surface area contributed by atoms with E-state index in [0.717, 1.165) is 56.6 Å². The van der Waals surface area contributed by atoms with Gasteiger partial charge in [-0.15, -0.1) is 11.8 Å². The average molecular weight is 505 g/mol. The van der Waals surface area contributed by atoms with E-state index in [1.54, 1.807) is 30.1 Å². The maximum absolute atomic E-state index is 13.4. The van der Waals surface area contributed by atoms with Crippen LogP contribution in [0, 0.1) is 12.7 Å². The molecule has 0 aliphatic rings. The Bertz CT molecular complexity index is 1150. The second-order valence-corrected chi connectivity index (χ2v) is 9.47. The number of hydrogen-bond acceptors (Lipinski definition) is 5. The van der Waals surface area contributed by atoms with Crippen molar-refractivity contribution in [2.24, 2.45) is 4.99 Å². The summed E-state index contributed by atoms with van der Waals surface area (Å²) in [4.78, 5) is 9.86. The lowest BCUT2D eigenvalue weighted by molar-refractivity contribution is 0.603. The Labute approximate surface area is 219 Å². The van der Waals surface area contributed by atoms with Crippen LogP contribution in [0.2, 0.25) is 0 Å². The molecule has 1 aromatic carbocycles. The van der Waals surface area contributed by atoms with Gasteiger partial charge in [0.15, 0.2) is 0 Å². The Morgan fingerprint density at radius 2 is 1.89 bits per heavy atom. The number of nitrogens with one attached hydrogen (secondary N) is 2. The second kappa shape index (κ2) is 14.9. The van der Waals surface area contributed by atoms with Crippen molar-refractivity contribution in [2.75, 3.05) is 17.6 Å². The van der Waals surface area contributed by atoms with Gasteiger partial charge in [-0.2, -0.15) is 0 Å². The van der Waals surface area contributed by atoms with Crippen LogP contribution in [-0.2, 0) is 0 Å². The highest BCUT2D eigenvalue weighted by Gasteiger charge is 2.14. The summed E-state index contributed by atoms with van der Waals surface area (Å²) in [7, 11) is 0. The SMILES string of the molecule is C=C(\C=C/C(=C\C)/N=C\C)CSC(=C)CNc1ncc(C)cc1C(=C)NC(CC)c1ccc(F)cc1. The predicted octanol–water partition coefficient (Wildman–Crippen LogP) is 8.01. The molecule has 36 heavy (non-hydrogen) atoms. The molecule has 1 atom stereocenters. The highest BCUT2D eigenvalue weighted by molar-refractivity contribution is 8.03. The number of anilines is 1. The number of aryl methyl sites for hydroxylation is 1. The number of halogens is 1. The molecule has 0 fully saturated rings. The Kier molecular flexibility index (Phi) is 11.9. The summed E-state index contributed by atoms with van der Waals surface area (Å²) in [5.74, 6) is 1.23. The molecule has 1 unspecified atom stereocenters. The first-order valence-electron chi connectivity index (χ1n) is 12.0. The van der Waals surface area contributed by atoms with Crippen LogP contribution in [0.5, 0.6) is 0 Å². The first-order chi connectivity index (χ1) is 17.3. The maximum atomic E-state index is 13.4. The zero-order chi connectivity index (χ0) is 26.5. The van der Waals surface area contributed by atoms with E-state index in [1.165, 1.54) is 12.1 Å². The van der Waals surface area contributed by atoms with Gasteiger partial charge in [0.25, 0.3) is 0 Å². The molecule has 0 saturated carbocycles. The van der Waals surface area contributed by atoms with Gasteiger partial charge in [-0.25, -0.2) is 9.37 Å². The van der Waals surface area contributed by atoms with Gasteiger partial charge in [0.05, 0.1) is 11.7 Å². The summed E-state index contributed by atoms with van der Waals surface area (Å²) < 4.78 is 13.4. The molecule has 2 aromatic rings. The van der Waals surface area contributed by atoms with E-state index in [4.69, 9.17) is 0 Å². The normalized spacial score (nSPS) is 12.6. The number of aliphatic imine (C=N–C) groups is 1. The smallest absolute Gasteiger partial charge is 0.135 e. The second-order valence-electron chi connectivity index (χ2n) is 8.32. The molecule has 6 heteroatoms. The van der Waals surface area contributed by atoms with E-state index in [0.29, 0.717) is 6.54 Å². The lowest BCUT2D eigenvalue weighted by atomic mass is 10.0. The summed E-state index contributed by atoms with van der Waals surface area (Å²) >= 11 is 1.64. The molecule has 0 radical (unpaired) electrons. The van der Waals surface area contributed by atoms with E-state index >= 15 is 0 Å². The van der Waals surface area contributed by atoms with Gasteiger partial charge in [0.1, 0.15) is 11.6 Å². The van der Waals surface area contributed by atoms with Gasteiger partial charge in [0, 0.05) is 36.0 Å². The van der Waals surface area contributed by atoms with Crippen LogP contribution in [0.15, 0.2) is 95.7 Å². The van der Waals surface area contributed by atoms with Crippen LogP contribution in [0.1, 0.15) is 49.9 Å². The Morgan fingerprint density at radius 3 is 2.53 bits per heavy atom. The first kappa shape index (κ1) is 28.9. The lowest BCUT2D eigenvalue weighted by Gasteiger charge is -2.22. The minimum absolute atomic E-state index is 0.0159. The summed E-state index contributed by atoms with van der Waals surface area (Å²) in [5.41, 5.74) is 5.60. The first-order valence-corrected chi connectivity index (χ1v) is 13.0. The number of thioether (sulfide) groups is 1. The highest BCUT2D eigenvalue weighted by atomic mass is 32.2. The van der Waals surface area contributed by atoms with Crippen molar-refractivity contribution in [3.05, 3.63) is 113 Å². The monoisotopic (exact) mass is 504 g/mol. The summed E-state index contributed by atoms with van der Waals surface area (Å²) in [5, 5.41) is 6.89. The summed E-state index contributed by atoms with van der Waals surface area (Å²) in [6, 6.07) is 8.65. The van der Waals surface area contributed by atoms with Gasteiger partial charge in [-0.05, 0) is 73.1 Å². The van der Waals surface area contributed by atoms with Crippen molar-refractivity contribution in [2.45, 2.75) is 40.2 Å². The predicted molar refractivity (Wildman–Crippen MR) is 157 cm³/mol. The third-order valence-corrected chi connectivity index (χ3v) is 6.42. The van der Waals surface area contributed by atoms with Crippen LogP contribution >= 0.6 is 11.8 Å². The van der Waals surface area contributed by atoms with E-state index in [1.807, 2.05) is 45.2 Å². The molecule has 2 rings (SSSR count). The number of nitrogens with zero attached hydrogens (tertiary/aromatic N) is 2. The molecule has 2 N–H and O–H groups in total. The Balaban J connectivity index is 1.99. The molecule has 4 nitrogen and oxygen atoms in total. The van der Waals surface area contributed by atoms with Crippen LogP contribution in [0.3, 0.4) is 0 Å². The minimum atomic E-state index is -0.243. The fourth-order valence-electron chi connectivity index (χ4n) is 3.39. The van der Waals surface area contributed by atoms with Crippen molar-refractivity contribution < 1.29 is 4.39 Å². The zero-order valence-corrected chi connectivity index (χ0v) is 22.6. The van der Waals surface area contributed by atoms with Crippen LogP contribution in [0.25, 0.3) is 5.70 Å². The van der Waals surface area contributed by atoms with Gasteiger partial charge in [-0.1, -0.05) is 50.9 Å².